The highest BCUT2D eigenvalue weighted by atomic mass is 32.1. The zero-order valence-corrected chi connectivity index (χ0v) is 21.5. The summed E-state index contributed by atoms with van der Waals surface area (Å²) in [5, 5.41) is 14.3. The van der Waals surface area contributed by atoms with Crippen molar-refractivity contribution in [2.75, 3.05) is 10.2 Å². The van der Waals surface area contributed by atoms with E-state index in [9.17, 15) is 19.5 Å². The van der Waals surface area contributed by atoms with Gasteiger partial charge in [0, 0.05) is 17.3 Å². The van der Waals surface area contributed by atoms with E-state index in [1.807, 2.05) is 13.8 Å². The number of carboxylic acid groups (broad SMARTS) is 1. The lowest BCUT2D eigenvalue weighted by molar-refractivity contribution is -0.123. The lowest BCUT2D eigenvalue weighted by atomic mass is 9.82. The van der Waals surface area contributed by atoms with Crippen LogP contribution in [0, 0.1) is 11.8 Å². The molecule has 0 radical (unpaired) electrons. The summed E-state index contributed by atoms with van der Waals surface area (Å²) >= 11 is 2.43. The van der Waals surface area contributed by atoms with Crippen LogP contribution < -0.4 is 10.2 Å². The highest BCUT2D eigenvalue weighted by Gasteiger charge is 2.33. The Bertz CT molecular complexity index is 1200. The monoisotopic (exact) mass is 512 g/mol. The molecule has 1 saturated carbocycles. The molecule has 2 N–H and O–H groups in total. The van der Waals surface area contributed by atoms with Gasteiger partial charge in [-0.3, -0.25) is 14.6 Å². The Labute approximate surface area is 212 Å². The van der Waals surface area contributed by atoms with Crippen molar-refractivity contribution in [1.29, 1.82) is 0 Å². The van der Waals surface area contributed by atoms with E-state index in [0.717, 1.165) is 37.0 Å². The maximum absolute atomic E-state index is 13.5. The average Bonchev–Trinajstić information content (AvgIpc) is 3.51. The Hall–Kier alpha value is -3.11. The minimum atomic E-state index is -1.07. The second kappa shape index (κ2) is 10.7. The van der Waals surface area contributed by atoms with Crippen LogP contribution in [0.5, 0.6) is 0 Å². The second-order valence-electron chi connectivity index (χ2n) is 9.15. The zero-order chi connectivity index (χ0) is 25.1. The van der Waals surface area contributed by atoms with Gasteiger partial charge >= 0.3 is 5.97 Å². The summed E-state index contributed by atoms with van der Waals surface area (Å²) in [6.07, 6.45) is 5.21. The van der Waals surface area contributed by atoms with Crippen LogP contribution in [0.4, 0.5) is 11.4 Å². The molecule has 184 valence electrons. The van der Waals surface area contributed by atoms with E-state index in [0.29, 0.717) is 33.6 Å². The maximum atomic E-state index is 13.5. The van der Waals surface area contributed by atoms with Gasteiger partial charge in [-0.05, 0) is 63.6 Å². The zero-order valence-electron chi connectivity index (χ0n) is 19.9. The van der Waals surface area contributed by atoms with E-state index in [-0.39, 0.29) is 28.7 Å². The summed E-state index contributed by atoms with van der Waals surface area (Å²) in [6, 6.07) is 5.00. The first kappa shape index (κ1) is 25.0. The van der Waals surface area contributed by atoms with Gasteiger partial charge in [0.2, 0.25) is 5.91 Å². The number of thiazole rings is 1. The van der Waals surface area contributed by atoms with Crippen LogP contribution in [0.3, 0.4) is 0 Å². The SMILES string of the molecule is CC1CCC(C(=O)N(c2cc(-c3ccc(NC(=O)c4cscn4)cn3)sc2C(=O)O)C(C)C)CC1. The Morgan fingerprint density at radius 1 is 1.14 bits per heavy atom. The number of aromatic nitrogens is 2. The number of thiophene rings is 1. The summed E-state index contributed by atoms with van der Waals surface area (Å²) in [5.41, 5.74) is 3.41. The van der Waals surface area contributed by atoms with Gasteiger partial charge in [-0.25, -0.2) is 9.78 Å². The number of amides is 2. The first-order valence-electron chi connectivity index (χ1n) is 11.6. The predicted molar refractivity (Wildman–Crippen MR) is 138 cm³/mol. The molecule has 0 aliphatic heterocycles. The summed E-state index contributed by atoms with van der Waals surface area (Å²) < 4.78 is 0. The van der Waals surface area contributed by atoms with E-state index in [1.165, 1.54) is 17.5 Å². The number of nitrogens with one attached hydrogen (secondary N) is 1. The maximum Gasteiger partial charge on any atom is 0.348 e. The number of carbonyl (C=O) groups is 3. The Kier molecular flexibility index (Phi) is 7.61. The van der Waals surface area contributed by atoms with Crippen LogP contribution in [0.2, 0.25) is 0 Å². The minimum Gasteiger partial charge on any atom is -0.477 e. The van der Waals surface area contributed by atoms with Crippen molar-refractivity contribution in [2.24, 2.45) is 11.8 Å². The van der Waals surface area contributed by atoms with Crippen molar-refractivity contribution in [1.82, 2.24) is 9.97 Å². The third-order valence-electron chi connectivity index (χ3n) is 6.22. The second-order valence-corrected chi connectivity index (χ2v) is 10.9. The Balaban J connectivity index is 1.59. The van der Waals surface area contributed by atoms with Gasteiger partial charge in [-0.15, -0.1) is 22.7 Å². The van der Waals surface area contributed by atoms with Gasteiger partial charge in [0.1, 0.15) is 10.6 Å². The van der Waals surface area contributed by atoms with E-state index in [1.54, 1.807) is 34.0 Å². The third-order valence-corrected chi connectivity index (χ3v) is 7.95. The van der Waals surface area contributed by atoms with Gasteiger partial charge in [0.05, 0.1) is 33.7 Å². The molecule has 1 aliphatic carbocycles. The number of hydrogen-bond donors (Lipinski definition) is 2. The van der Waals surface area contributed by atoms with Gasteiger partial charge in [-0.1, -0.05) is 6.92 Å². The van der Waals surface area contributed by atoms with E-state index < -0.39 is 5.97 Å². The number of carboxylic acids is 1. The van der Waals surface area contributed by atoms with Crippen LogP contribution >= 0.6 is 22.7 Å². The van der Waals surface area contributed by atoms with Crippen LogP contribution in [-0.2, 0) is 4.79 Å². The number of hydrogen-bond acceptors (Lipinski definition) is 7. The third kappa shape index (κ3) is 5.59. The number of anilines is 2. The lowest BCUT2D eigenvalue weighted by Crippen LogP contribution is -2.42. The summed E-state index contributed by atoms with van der Waals surface area (Å²) in [7, 11) is 0. The largest absolute Gasteiger partial charge is 0.477 e. The van der Waals surface area contributed by atoms with Crippen molar-refractivity contribution in [2.45, 2.75) is 52.5 Å². The molecule has 0 unspecified atom stereocenters. The molecule has 0 atom stereocenters. The van der Waals surface area contributed by atoms with E-state index in [4.69, 9.17) is 0 Å². The highest BCUT2D eigenvalue weighted by Crippen LogP contribution is 2.39. The number of rotatable bonds is 7. The fourth-order valence-electron chi connectivity index (χ4n) is 4.33. The molecule has 10 heteroatoms. The molecule has 0 spiro atoms. The fraction of sp³-hybridized carbons (Fsp3) is 0.400. The number of nitrogens with zero attached hydrogens (tertiary/aromatic N) is 3. The quantitative estimate of drug-likeness (QED) is 0.415. The molecule has 1 fully saturated rings. The van der Waals surface area contributed by atoms with Crippen molar-refractivity contribution in [3.8, 4) is 10.6 Å². The predicted octanol–water partition coefficient (Wildman–Crippen LogP) is 5.78. The molecule has 35 heavy (non-hydrogen) atoms. The van der Waals surface area contributed by atoms with Crippen molar-refractivity contribution >= 4 is 51.8 Å². The van der Waals surface area contributed by atoms with Crippen molar-refractivity contribution in [3.63, 3.8) is 0 Å². The first-order valence-corrected chi connectivity index (χ1v) is 13.4. The van der Waals surface area contributed by atoms with Gasteiger partial charge in [-0.2, -0.15) is 0 Å². The average molecular weight is 513 g/mol. The molecule has 1 aliphatic rings. The number of pyridine rings is 1. The topological polar surface area (TPSA) is 112 Å². The summed E-state index contributed by atoms with van der Waals surface area (Å²) in [4.78, 5) is 48.6. The molecule has 0 saturated heterocycles. The summed E-state index contributed by atoms with van der Waals surface area (Å²) in [6.45, 7) is 6.02. The molecular weight excluding hydrogens is 484 g/mol. The summed E-state index contributed by atoms with van der Waals surface area (Å²) in [5.74, 6) is -0.868. The van der Waals surface area contributed by atoms with Gasteiger partial charge in [0.15, 0.2) is 0 Å². The standard InChI is InChI=1S/C25H28N4O4S2/c1-14(2)29(24(31)16-6-4-15(3)5-7-16)20-10-21(35-22(20)25(32)33)18-9-8-17(11-26-18)28-23(30)19-12-34-13-27-19/h8-16H,4-7H2,1-3H3,(H,28,30)(H,32,33). The number of carbonyl (C=O) groups excluding carboxylic acids is 2. The van der Waals surface area contributed by atoms with Crippen LogP contribution in [0.15, 0.2) is 35.3 Å². The lowest BCUT2D eigenvalue weighted by Gasteiger charge is -2.33. The number of aromatic carboxylic acids is 1. The molecular formula is C25H28N4O4S2. The highest BCUT2D eigenvalue weighted by molar-refractivity contribution is 7.18. The van der Waals surface area contributed by atoms with E-state index in [2.05, 4.69) is 22.2 Å². The first-order chi connectivity index (χ1) is 16.7. The van der Waals surface area contributed by atoms with Crippen LogP contribution in [0.1, 0.15) is 66.6 Å². The molecule has 0 aromatic carbocycles. The van der Waals surface area contributed by atoms with Gasteiger partial charge in [0.25, 0.3) is 5.91 Å². The Morgan fingerprint density at radius 3 is 2.46 bits per heavy atom. The van der Waals surface area contributed by atoms with E-state index >= 15 is 0 Å². The molecule has 3 aromatic rings. The fourth-order valence-corrected chi connectivity index (χ4v) is 5.83. The normalized spacial score (nSPS) is 17.8. The van der Waals surface area contributed by atoms with Gasteiger partial charge < -0.3 is 15.3 Å². The van der Waals surface area contributed by atoms with Crippen molar-refractivity contribution < 1.29 is 19.5 Å². The Morgan fingerprint density at radius 2 is 1.89 bits per heavy atom. The van der Waals surface area contributed by atoms with Crippen molar-refractivity contribution in [3.05, 3.63) is 45.9 Å². The molecule has 2 amide bonds. The molecule has 3 heterocycles. The molecule has 3 aromatic heterocycles. The molecule has 8 nitrogen and oxygen atoms in total. The van der Waals surface area contributed by atoms with Crippen LogP contribution in [-0.4, -0.2) is 38.9 Å². The molecule has 4 rings (SSSR count). The molecule has 0 bridgehead atoms. The minimum absolute atomic E-state index is 0.00758. The smallest absolute Gasteiger partial charge is 0.348 e. The van der Waals surface area contributed by atoms with Crippen LogP contribution in [0.25, 0.3) is 10.6 Å².